The van der Waals surface area contributed by atoms with E-state index in [0.717, 1.165) is 31.6 Å². The van der Waals surface area contributed by atoms with Gasteiger partial charge in [-0.15, -0.1) is 0 Å². The Labute approximate surface area is 95.9 Å². The van der Waals surface area contributed by atoms with Crippen molar-refractivity contribution in [3.8, 4) is 0 Å². The van der Waals surface area contributed by atoms with Crippen LogP contribution in [0.25, 0.3) is 0 Å². The van der Waals surface area contributed by atoms with Crippen molar-refractivity contribution in [1.29, 1.82) is 0 Å². The lowest BCUT2D eigenvalue weighted by Gasteiger charge is -2.35. The number of hydrogen-bond acceptors (Lipinski definition) is 4. The SMILES string of the molecule is CC[C@@H](O)[C@]1(C)OC(=O)C=C1N1CCCC1. The monoisotopic (exact) mass is 225 g/mol. The average molecular weight is 225 g/mol. The Bertz CT molecular complexity index is 320. The van der Waals surface area contributed by atoms with Gasteiger partial charge in [0.15, 0.2) is 5.60 Å². The summed E-state index contributed by atoms with van der Waals surface area (Å²) < 4.78 is 5.30. The Morgan fingerprint density at radius 3 is 2.75 bits per heavy atom. The molecule has 2 aliphatic rings. The summed E-state index contributed by atoms with van der Waals surface area (Å²) in [6.07, 6.45) is 3.76. The number of ether oxygens (including phenoxy) is 1. The molecule has 0 spiro atoms. The van der Waals surface area contributed by atoms with Crippen molar-refractivity contribution in [1.82, 2.24) is 4.90 Å². The fourth-order valence-electron chi connectivity index (χ4n) is 2.54. The van der Waals surface area contributed by atoms with Gasteiger partial charge in [-0.3, -0.25) is 0 Å². The molecule has 0 aromatic rings. The summed E-state index contributed by atoms with van der Waals surface area (Å²) in [6, 6.07) is 0. The summed E-state index contributed by atoms with van der Waals surface area (Å²) in [7, 11) is 0. The van der Waals surface area contributed by atoms with Gasteiger partial charge >= 0.3 is 5.97 Å². The van der Waals surface area contributed by atoms with Gasteiger partial charge in [0.1, 0.15) is 0 Å². The topological polar surface area (TPSA) is 49.8 Å². The van der Waals surface area contributed by atoms with E-state index in [1.54, 1.807) is 6.92 Å². The predicted molar refractivity (Wildman–Crippen MR) is 59.7 cm³/mol. The van der Waals surface area contributed by atoms with Crippen LogP contribution in [0.4, 0.5) is 0 Å². The van der Waals surface area contributed by atoms with Gasteiger partial charge in [0.2, 0.25) is 0 Å². The molecule has 4 heteroatoms. The Hall–Kier alpha value is -1.03. The molecule has 0 radical (unpaired) electrons. The average Bonchev–Trinajstić information content (AvgIpc) is 2.85. The van der Waals surface area contributed by atoms with Crippen molar-refractivity contribution in [2.24, 2.45) is 0 Å². The number of esters is 1. The van der Waals surface area contributed by atoms with E-state index in [1.807, 2.05) is 6.92 Å². The maximum Gasteiger partial charge on any atom is 0.333 e. The predicted octanol–water partition coefficient (Wildman–Crippen LogP) is 1.05. The third-order valence-electron chi connectivity index (χ3n) is 3.55. The molecule has 0 aliphatic carbocycles. The van der Waals surface area contributed by atoms with Crippen molar-refractivity contribution in [2.75, 3.05) is 13.1 Å². The molecular formula is C12H19NO3. The first kappa shape index (κ1) is 11.5. The minimum Gasteiger partial charge on any atom is -0.447 e. The van der Waals surface area contributed by atoms with Crippen LogP contribution in [-0.4, -0.2) is 40.8 Å². The molecule has 0 unspecified atom stereocenters. The van der Waals surface area contributed by atoms with Crippen LogP contribution in [0.3, 0.4) is 0 Å². The van der Waals surface area contributed by atoms with Gasteiger partial charge in [0, 0.05) is 19.2 Å². The van der Waals surface area contributed by atoms with Crippen molar-refractivity contribution in [3.05, 3.63) is 11.8 Å². The summed E-state index contributed by atoms with van der Waals surface area (Å²) in [5.74, 6) is -0.336. The summed E-state index contributed by atoms with van der Waals surface area (Å²) in [6.45, 7) is 5.60. The zero-order valence-electron chi connectivity index (χ0n) is 9.90. The van der Waals surface area contributed by atoms with E-state index in [1.165, 1.54) is 6.08 Å². The summed E-state index contributed by atoms with van der Waals surface area (Å²) in [4.78, 5) is 13.6. The standard InChI is InChI=1S/C12H19NO3/c1-3-10(14)12(2)9(8-11(15)16-12)13-6-4-5-7-13/h8,10,14H,3-7H2,1-2H3/t10-,12-/m1/s1. The van der Waals surface area contributed by atoms with E-state index in [2.05, 4.69) is 4.90 Å². The smallest absolute Gasteiger partial charge is 0.333 e. The third kappa shape index (κ3) is 1.71. The van der Waals surface area contributed by atoms with Crippen LogP contribution < -0.4 is 0 Å². The lowest BCUT2D eigenvalue weighted by atomic mass is 9.93. The van der Waals surface area contributed by atoms with E-state index in [9.17, 15) is 9.90 Å². The highest BCUT2D eigenvalue weighted by molar-refractivity contribution is 5.86. The lowest BCUT2D eigenvalue weighted by molar-refractivity contribution is -0.155. The number of likely N-dealkylation sites (tertiary alicyclic amines) is 1. The first-order valence-electron chi connectivity index (χ1n) is 5.96. The van der Waals surface area contributed by atoms with E-state index in [-0.39, 0.29) is 5.97 Å². The van der Waals surface area contributed by atoms with Crippen LogP contribution in [0, 0.1) is 0 Å². The van der Waals surface area contributed by atoms with Gasteiger partial charge in [0.05, 0.1) is 11.8 Å². The Morgan fingerprint density at radius 2 is 2.19 bits per heavy atom. The zero-order valence-corrected chi connectivity index (χ0v) is 9.90. The molecule has 1 N–H and O–H groups in total. The number of rotatable bonds is 3. The van der Waals surface area contributed by atoms with Crippen molar-refractivity contribution < 1.29 is 14.6 Å². The van der Waals surface area contributed by atoms with Gasteiger partial charge < -0.3 is 14.7 Å². The van der Waals surface area contributed by atoms with Crippen molar-refractivity contribution in [2.45, 2.75) is 44.8 Å². The Balaban J connectivity index is 2.25. The number of nitrogens with zero attached hydrogens (tertiary/aromatic N) is 1. The number of carbonyl (C=O) groups is 1. The summed E-state index contributed by atoms with van der Waals surface area (Å²) >= 11 is 0. The first-order chi connectivity index (χ1) is 7.58. The second-order valence-corrected chi connectivity index (χ2v) is 4.68. The largest absolute Gasteiger partial charge is 0.447 e. The highest BCUT2D eigenvalue weighted by Crippen LogP contribution is 2.36. The Morgan fingerprint density at radius 1 is 1.56 bits per heavy atom. The van der Waals surface area contributed by atoms with E-state index in [0.29, 0.717) is 6.42 Å². The number of aliphatic hydroxyl groups excluding tert-OH is 1. The van der Waals surface area contributed by atoms with Crippen molar-refractivity contribution >= 4 is 5.97 Å². The minimum atomic E-state index is -0.851. The molecule has 16 heavy (non-hydrogen) atoms. The molecule has 0 amide bonds. The van der Waals surface area contributed by atoms with Gasteiger partial charge in [-0.2, -0.15) is 0 Å². The van der Waals surface area contributed by atoms with Crippen LogP contribution in [0.2, 0.25) is 0 Å². The van der Waals surface area contributed by atoms with Gasteiger partial charge in [0.25, 0.3) is 0 Å². The molecule has 2 rings (SSSR count). The zero-order chi connectivity index (χ0) is 11.8. The molecule has 4 nitrogen and oxygen atoms in total. The number of hydrogen-bond donors (Lipinski definition) is 1. The molecular weight excluding hydrogens is 206 g/mol. The lowest BCUT2D eigenvalue weighted by Crippen LogP contribution is -2.46. The third-order valence-corrected chi connectivity index (χ3v) is 3.55. The van der Waals surface area contributed by atoms with Crippen LogP contribution in [0.15, 0.2) is 11.8 Å². The highest BCUT2D eigenvalue weighted by atomic mass is 16.6. The molecule has 2 heterocycles. The molecule has 90 valence electrons. The molecule has 0 bridgehead atoms. The minimum absolute atomic E-state index is 0.336. The normalized spacial score (nSPS) is 31.6. The van der Waals surface area contributed by atoms with Crippen LogP contribution in [0.1, 0.15) is 33.1 Å². The van der Waals surface area contributed by atoms with Crippen LogP contribution in [0.5, 0.6) is 0 Å². The molecule has 2 atom stereocenters. The van der Waals surface area contributed by atoms with Crippen molar-refractivity contribution in [3.63, 3.8) is 0 Å². The maximum atomic E-state index is 11.4. The Kier molecular flexibility index (Phi) is 2.93. The summed E-state index contributed by atoms with van der Waals surface area (Å²) in [5, 5.41) is 10.0. The molecule has 0 aromatic carbocycles. The van der Waals surface area contributed by atoms with E-state index in [4.69, 9.17) is 4.74 Å². The van der Waals surface area contributed by atoms with E-state index >= 15 is 0 Å². The number of cyclic esters (lactones) is 1. The van der Waals surface area contributed by atoms with Gasteiger partial charge in [-0.05, 0) is 26.2 Å². The van der Waals surface area contributed by atoms with Gasteiger partial charge in [-0.25, -0.2) is 4.79 Å². The molecule has 1 fully saturated rings. The molecule has 1 saturated heterocycles. The molecule has 0 aromatic heterocycles. The quantitative estimate of drug-likeness (QED) is 0.729. The van der Waals surface area contributed by atoms with Crippen LogP contribution >= 0.6 is 0 Å². The van der Waals surface area contributed by atoms with E-state index < -0.39 is 11.7 Å². The second kappa shape index (κ2) is 4.09. The number of carbonyl (C=O) groups excluding carboxylic acids is 1. The van der Waals surface area contributed by atoms with Crippen LogP contribution in [-0.2, 0) is 9.53 Å². The fourth-order valence-corrected chi connectivity index (χ4v) is 2.54. The molecule has 2 aliphatic heterocycles. The molecule has 0 saturated carbocycles. The second-order valence-electron chi connectivity index (χ2n) is 4.68. The number of aliphatic hydroxyl groups is 1. The maximum absolute atomic E-state index is 11.4. The fraction of sp³-hybridized carbons (Fsp3) is 0.750. The highest BCUT2D eigenvalue weighted by Gasteiger charge is 2.46. The summed E-state index contributed by atoms with van der Waals surface area (Å²) in [5.41, 5.74) is 0.000231. The first-order valence-corrected chi connectivity index (χ1v) is 5.96. The van der Waals surface area contributed by atoms with Gasteiger partial charge in [-0.1, -0.05) is 6.92 Å².